The van der Waals surface area contributed by atoms with Crippen molar-refractivity contribution in [2.45, 2.75) is 0 Å². The minimum Gasteiger partial charge on any atom is -0.454 e. The maximum Gasteiger partial charge on any atom is 0.293 e. The van der Waals surface area contributed by atoms with Crippen molar-refractivity contribution in [1.29, 1.82) is 0 Å². The number of imide groups is 1. The van der Waals surface area contributed by atoms with E-state index in [1.807, 2.05) is 0 Å². The second-order valence-electron chi connectivity index (χ2n) is 6.65. The van der Waals surface area contributed by atoms with Crippen molar-refractivity contribution in [3.63, 3.8) is 0 Å². The highest BCUT2D eigenvalue weighted by Gasteiger charge is 2.34. The van der Waals surface area contributed by atoms with Gasteiger partial charge in [-0.3, -0.25) is 19.3 Å². The van der Waals surface area contributed by atoms with Crippen LogP contribution in [0.2, 0.25) is 0 Å². The first-order valence-corrected chi connectivity index (χ1v) is 10.1. The van der Waals surface area contributed by atoms with Gasteiger partial charge in [-0.05, 0) is 41.6 Å². The molecule has 11 heteroatoms. The Hall–Kier alpha value is -3.86. The lowest BCUT2D eigenvalue weighted by Gasteiger charge is -2.12. The zero-order valence-electron chi connectivity index (χ0n) is 16.0. The highest BCUT2D eigenvalue weighted by Crippen LogP contribution is 2.36. The summed E-state index contributed by atoms with van der Waals surface area (Å²) in [6.07, 6.45) is 6.31. The molecule has 0 bridgehead atoms. The van der Waals surface area contributed by atoms with Crippen LogP contribution < -0.4 is 14.8 Å². The molecule has 0 radical (unpaired) electrons. The molecular formula is C20H15N5O5S. The predicted molar refractivity (Wildman–Crippen MR) is 111 cm³/mol. The van der Waals surface area contributed by atoms with E-state index in [4.69, 9.17) is 9.47 Å². The summed E-state index contributed by atoms with van der Waals surface area (Å²) >= 11 is 0.859. The number of rotatable bonds is 5. The quantitative estimate of drug-likeness (QED) is 0.602. The fraction of sp³-hybridized carbons (Fsp3) is 0.150. The number of amides is 3. The smallest absolute Gasteiger partial charge is 0.293 e. The van der Waals surface area contributed by atoms with E-state index in [2.05, 4.69) is 15.4 Å². The van der Waals surface area contributed by atoms with Crippen molar-refractivity contribution >= 4 is 40.5 Å². The topological polar surface area (TPSA) is 115 Å². The van der Waals surface area contributed by atoms with E-state index in [9.17, 15) is 14.4 Å². The van der Waals surface area contributed by atoms with Gasteiger partial charge in [0.1, 0.15) is 5.56 Å². The number of benzene rings is 1. The molecule has 3 amide bonds. The molecule has 0 atom stereocenters. The predicted octanol–water partition coefficient (Wildman–Crippen LogP) is 1.92. The normalized spacial score (nSPS) is 16.5. The molecule has 3 aromatic rings. The van der Waals surface area contributed by atoms with Crippen LogP contribution in [0.3, 0.4) is 0 Å². The van der Waals surface area contributed by atoms with Gasteiger partial charge >= 0.3 is 0 Å². The molecule has 2 aromatic heterocycles. The number of nitrogens with one attached hydrogen (secondary N) is 1. The molecule has 0 unspecified atom stereocenters. The molecule has 0 aliphatic carbocycles. The lowest BCUT2D eigenvalue weighted by atomic mass is 10.2. The minimum atomic E-state index is -0.403. The van der Waals surface area contributed by atoms with E-state index >= 15 is 0 Å². The van der Waals surface area contributed by atoms with E-state index in [1.165, 1.54) is 10.7 Å². The van der Waals surface area contributed by atoms with E-state index in [-0.39, 0.29) is 31.0 Å². The fourth-order valence-electron chi connectivity index (χ4n) is 3.21. The van der Waals surface area contributed by atoms with Crippen molar-refractivity contribution in [2.75, 3.05) is 19.9 Å². The standard InChI is InChI=1S/C20H15N5O5S/c26-18(13-10-23-25-6-1-4-21-17(13)25)22-5-7-24-19(27)16(31-20(24)28)9-12-2-3-14-15(8-12)30-11-29-14/h1-4,6,8-10H,5,7,11H2,(H,22,26)/b16-9+. The monoisotopic (exact) mass is 437 g/mol. The van der Waals surface area contributed by atoms with E-state index in [1.54, 1.807) is 42.7 Å². The number of ether oxygens (including phenoxy) is 2. The number of hydrogen-bond acceptors (Lipinski definition) is 8. The second kappa shape index (κ2) is 7.76. The Balaban J connectivity index is 1.22. The Morgan fingerprint density at radius 2 is 2.13 bits per heavy atom. The summed E-state index contributed by atoms with van der Waals surface area (Å²) in [6.45, 7) is 0.326. The van der Waals surface area contributed by atoms with Crippen LogP contribution in [0.1, 0.15) is 15.9 Å². The molecule has 2 aliphatic rings. The Bertz CT molecular complexity index is 1250. The van der Waals surface area contributed by atoms with Crippen molar-refractivity contribution in [3.8, 4) is 11.5 Å². The maximum atomic E-state index is 12.7. The van der Waals surface area contributed by atoms with Gasteiger partial charge in [0.25, 0.3) is 17.1 Å². The fourth-order valence-corrected chi connectivity index (χ4v) is 4.08. The summed E-state index contributed by atoms with van der Waals surface area (Å²) in [4.78, 5) is 42.9. The van der Waals surface area contributed by atoms with Crippen LogP contribution in [0.4, 0.5) is 4.79 Å². The summed E-state index contributed by atoms with van der Waals surface area (Å²) in [6, 6.07) is 6.99. The van der Waals surface area contributed by atoms with Gasteiger partial charge in [0.2, 0.25) is 6.79 Å². The molecule has 10 nitrogen and oxygen atoms in total. The Kier molecular flexibility index (Phi) is 4.79. The number of aromatic nitrogens is 3. The third-order valence-electron chi connectivity index (χ3n) is 4.71. The first-order valence-electron chi connectivity index (χ1n) is 9.32. The zero-order chi connectivity index (χ0) is 21.4. The molecule has 5 rings (SSSR count). The van der Waals surface area contributed by atoms with Crippen molar-refractivity contribution in [1.82, 2.24) is 24.8 Å². The van der Waals surface area contributed by atoms with E-state index in [0.29, 0.717) is 27.6 Å². The third kappa shape index (κ3) is 3.59. The molecule has 0 spiro atoms. The SMILES string of the molecule is O=C(NCCN1C(=O)S/C(=C/c2ccc3c(c2)OCO3)C1=O)c1cnn2cccnc12. The Morgan fingerprint density at radius 1 is 1.26 bits per heavy atom. The van der Waals surface area contributed by atoms with Gasteiger partial charge < -0.3 is 14.8 Å². The van der Waals surface area contributed by atoms with Crippen LogP contribution in [0.5, 0.6) is 11.5 Å². The zero-order valence-corrected chi connectivity index (χ0v) is 16.8. The number of nitrogens with zero attached hydrogens (tertiary/aromatic N) is 4. The molecule has 4 heterocycles. The van der Waals surface area contributed by atoms with Crippen LogP contribution in [-0.4, -0.2) is 56.4 Å². The highest BCUT2D eigenvalue weighted by atomic mass is 32.2. The number of fused-ring (bicyclic) bond motifs is 2. The van der Waals surface area contributed by atoms with Crippen molar-refractivity contribution < 1.29 is 23.9 Å². The van der Waals surface area contributed by atoms with Crippen LogP contribution in [0.25, 0.3) is 11.7 Å². The summed E-state index contributed by atoms with van der Waals surface area (Å²) in [5.41, 5.74) is 1.47. The van der Waals surface area contributed by atoms with Gasteiger partial charge in [0.15, 0.2) is 17.1 Å². The summed E-state index contributed by atoms with van der Waals surface area (Å²) in [5, 5.41) is 6.38. The van der Waals surface area contributed by atoms with Crippen LogP contribution in [-0.2, 0) is 4.79 Å². The first kappa shape index (κ1) is 19.1. The first-order chi connectivity index (χ1) is 15.1. The van der Waals surface area contributed by atoms with Gasteiger partial charge in [-0.1, -0.05) is 6.07 Å². The molecule has 1 saturated heterocycles. The average molecular weight is 437 g/mol. The molecule has 1 N–H and O–H groups in total. The summed E-state index contributed by atoms with van der Waals surface area (Å²) in [5.74, 6) is 0.455. The molecule has 31 heavy (non-hydrogen) atoms. The average Bonchev–Trinajstić information content (AvgIpc) is 3.47. The van der Waals surface area contributed by atoms with Gasteiger partial charge in [0.05, 0.1) is 11.1 Å². The summed E-state index contributed by atoms with van der Waals surface area (Å²) in [7, 11) is 0. The molecule has 156 valence electrons. The lowest BCUT2D eigenvalue weighted by molar-refractivity contribution is -0.122. The van der Waals surface area contributed by atoms with Crippen LogP contribution >= 0.6 is 11.8 Å². The van der Waals surface area contributed by atoms with E-state index in [0.717, 1.165) is 22.2 Å². The molecule has 1 aromatic carbocycles. The van der Waals surface area contributed by atoms with Crippen LogP contribution in [0.15, 0.2) is 47.8 Å². The van der Waals surface area contributed by atoms with Crippen molar-refractivity contribution in [2.24, 2.45) is 0 Å². The van der Waals surface area contributed by atoms with Crippen molar-refractivity contribution in [3.05, 3.63) is 58.9 Å². The Morgan fingerprint density at radius 3 is 3.03 bits per heavy atom. The maximum absolute atomic E-state index is 12.7. The van der Waals surface area contributed by atoms with Gasteiger partial charge in [0, 0.05) is 25.5 Å². The Labute approximate surface area is 179 Å². The molecular weight excluding hydrogens is 422 g/mol. The number of carbonyl (C=O) groups is 3. The summed E-state index contributed by atoms with van der Waals surface area (Å²) < 4.78 is 12.1. The lowest BCUT2D eigenvalue weighted by Crippen LogP contribution is -2.37. The van der Waals surface area contributed by atoms with Crippen LogP contribution in [0, 0.1) is 0 Å². The van der Waals surface area contributed by atoms with Gasteiger partial charge in [-0.2, -0.15) is 5.10 Å². The third-order valence-corrected chi connectivity index (χ3v) is 5.62. The second-order valence-corrected chi connectivity index (χ2v) is 7.64. The van der Waals surface area contributed by atoms with Gasteiger partial charge in [-0.25, -0.2) is 9.50 Å². The number of thioether (sulfide) groups is 1. The molecule has 2 aliphatic heterocycles. The number of hydrogen-bond donors (Lipinski definition) is 1. The van der Waals surface area contributed by atoms with E-state index < -0.39 is 5.91 Å². The molecule has 1 fully saturated rings. The largest absolute Gasteiger partial charge is 0.454 e. The minimum absolute atomic E-state index is 0.0571. The number of carbonyl (C=O) groups excluding carboxylic acids is 3. The highest BCUT2D eigenvalue weighted by molar-refractivity contribution is 8.18. The van der Waals surface area contributed by atoms with Gasteiger partial charge in [-0.15, -0.1) is 0 Å². The molecule has 0 saturated carbocycles.